The molecule has 1 aromatic heterocycles. The lowest BCUT2D eigenvalue weighted by Crippen LogP contribution is -2.15. The fourth-order valence-electron chi connectivity index (χ4n) is 1.73. The number of aryl methyl sites for hydroxylation is 2. The van der Waals surface area contributed by atoms with E-state index in [2.05, 4.69) is 34.7 Å². The van der Waals surface area contributed by atoms with Crippen LogP contribution in [0.4, 0.5) is 0 Å². The molecule has 0 fully saturated rings. The van der Waals surface area contributed by atoms with Crippen LogP contribution in [-0.2, 0) is 7.05 Å². The highest BCUT2D eigenvalue weighted by atomic mass is 127. The molecule has 72 valence electrons. The third-order valence-electron chi connectivity index (χ3n) is 2.37. The van der Waals surface area contributed by atoms with E-state index < -0.39 is 0 Å². The van der Waals surface area contributed by atoms with E-state index in [1.54, 1.807) is 10.6 Å². The zero-order chi connectivity index (χ0) is 10.3. The molecule has 0 spiro atoms. The third kappa shape index (κ3) is 1.45. The van der Waals surface area contributed by atoms with Crippen LogP contribution in [0.1, 0.15) is 5.56 Å². The third-order valence-corrected chi connectivity index (χ3v) is 2.99. The van der Waals surface area contributed by atoms with Crippen molar-refractivity contribution in [1.82, 2.24) is 4.57 Å². The van der Waals surface area contributed by atoms with Gasteiger partial charge in [0.2, 0.25) is 0 Å². The second-order valence-corrected chi connectivity index (χ2v) is 4.64. The van der Waals surface area contributed by atoms with Crippen LogP contribution in [0.25, 0.3) is 10.9 Å². The molecule has 0 amide bonds. The second-order valence-electron chi connectivity index (χ2n) is 3.39. The summed E-state index contributed by atoms with van der Waals surface area (Å²) in [6.45, 7) is 2.03. The van der Waals surface area contributed by atoms with Crippen LogP contribution < -0.4 is 5.56 Å². The van der Waals surface area contributed by atoms with Crippen LogP contribution in [0.2, 0.25) is 0 Å². The summed E-state index contributed by atoms with van der Waals surface area (Å²) in [6, 6.07) is 7.66. The van der Waals surface area contributed by atoms with Gasteiger partial charge in [0.1, 0.15) is 0 Å². The van der Waals surface area contributed by atoms with Crippen LogP contribution in [0, 0.1) is 10.5 Å². The Kier molecular flexibility index (Phi) is 2.34. The Morgan fingerprint density at radius 2 is 2.00 bits per heavy atom. The summed E-state index contributed by atoms with van der Waals surface area (Å²) in [5.41, 5.74) is 2.21. The van der Waals surface area contributed by atoms with Crippen LogP contribution in [0.3, 0.4) is 0 Å². The highest BCUT2D eigenvalue weighted by Crippen LogP contribution is 2.19. The molecule has 0 atom stereocenters. The van der Waals surface area contributed by atoms with Gasteiger partial charge in [-0.3, -0.25) is 4.79 Å². The first kappa shape index (κ1) is 9.71. The molecule has 2 nitrogen and oxygen atoms in total. The minimum absolute atomic E-state index is 0.0433. The average molecular weight is 299 g/mol. The maximum absolute atomic E-state index is 11.4. The predicted molar refractivity (Wildman–Crippen MR) is 66.6 cm³/mol. The molecule has 0 aliphatic rings. The van der Waals surface area contributed by atoms with E-state index in [1.165, 1.54) is 3.57 Å². The minimum atomic E-state index is 0.0433. The zero-order valence-electron chi connectivity index (χ0n) is 8.04. The van der Waals surface area contributed by atoms with Gasteiger partial charge < -0.3 is 4.57 Å². The van der Waals surface area contributed by atoms with Crippen LogP contribution in [0.5, 0.6) is 0 Å². The molecule has 0 saturated carbocycles. The molecule has 0 aliphatic heterocycles. The molecule has 0 saturated heterocycles. The molecule has 2 rings (SSSR count). The average Bonchev–Trinajstić information content (AvgIpc) is 2.10. The van der Waals surface area contributed by atoms with E-state index in [-0.39, 0.29) is 5.56 Å². The number of aromatic nitrogens is 1. The van der Waals surface area contributed by atoms with Gasteiger partial charge in [0, 0.05) is 16.7 Å². The first-order chi connectivity index (χ1) is 6.59. The number of hydrogen-bond acceptors (Lipinski definition) is 1. The summed E-state index contributed by atoms with van der Waals surface area (Å²) in [6.07, 6.45) is 0. The molecule has 0 unspecified atom stereocenters. The van der Waals surface area contributed by atoms with Crippen LogP contribution >= 0.6 is 22.6 Å². The van der Waals surface area contributed by atoms with Crippen LogP contribution in [0.15, 0.2) is 29.1 Å². The van der Waals surface area contributed by atoms with E-state index in [0.717, 1.165) is 16.5 Å². The van der Waals surface area contributed by atoms with Crippen LogP contribution in [-0.4, -0.2) is 4.57 Å². The van der Waals surface area contributed by atoms with Gasteiger partial charge in [-0.1, -0.05) is 0 Å². The lowest BCUT2D eigenvalue weighted by Gasteiger charge is -2.07. The molecular weight excluding hydrogens is 289 g/mol. The molecule has 0 N–H and O–H groups in total. The quantitative estimate of drug-likeness (QED) is 0.685. The van der Waals surface area contributed by atoms with Gasteiger partial charge >= 0.3 is 0 Å². The van der Waals surface area contributed by atoms with Crippen molar-refractivity contribution in [3.8, 4) is 0 Å². The largest absolute Gasteiger partial charge is 0.311 e. The van der Waals surface area contributed by atoms with Gasteiger partial charge in [-0.25, -0.2) is 0 Å². The molecule has 14 heavy (non-hydrogen) atoms. The van der Waals surface area contributed by atoms with Gasteiger partial charge in [0.15, 0.2) is 0 Å². The summed E-state index contributed by atoms with van der Waals surface area (Å²) in [4.78, 5) is 11.4. The number of benzene rings is 1. The van der Waals surface area contributed by atoms with E-state index in [1.807, 2.05) is 20.0 Å². The Morgan fingerprint density at radius 3 is 2.71 bits per heavy atom. The molecule has 1 heterocycles. The maximum atomic E-state index is 11.4. The predicted octanol–water partition coefficient (Wildman–Crippen LogP) is 2.45. The summed E-state index contributed by atoms with van der Waals surface area (Å²) in [7, 11) is 1.81. The van der Waals surface area contributed by atoms with Crippen molar-refractivity contribution in [2.45, 2.75) is 6.92 Å². The van der Waals surface area contributed by atoms with Crippen molar-refractivity contribution < 1.29 is 0 Å². The highest BCUT2D eigenvalue weighted by Gasteiger charge is 2.03. The highest BCUT2D eigenvalue weighted by molar-refractivity contribution is 14.1. The number of hydrogen-bond donors (Lipinski definition) is 0. The number of pyridine rings is 1. The SMILES string of the molecule is Cc1cc(I)cc2ccc(=O)n(C)c12. The number of halogens is 1. The van der Waals surface area contributed by atoms with Gasteiger partial charge in [-0.15, -0.1) is 0 Å². The molecule has 0 aliphatic carbocycles. The van der Waals surface area contributed by atoms with Crippen molar-refractivity contribution in [2.24, 2.45) is 7.05 Å². The number of rotatable bonds is 0. The van der Waals surface area contributed by atoms with Gasteiger partial charge in [0.05, 0.1) is 5.52 Å². The Hall–Kier alpha value is -0.840. The maximum Gasteiger partial charge on any atom is 0.250 e. The first-order valence-corrected chi connectivity index (χ1v) is 5.43. The molecule has 2 aromatic rings. The molecule has 0 bridgehead atoms. The lowest BCUT2D eigenvalue weighted by atomic mass is 10.1. The van der Waals surface area contributed by atoms with Crippen molar-refractivity contribution in [3.05, 3.63) is 43.8 Å². The van der Waals surface area contributed by atoms with Gasteiger partial charge in [0.25, 0.3) is 5.56 Å². The number of nitrogens with zero attached hydrogens (tertiary/aromatic N) is 1. The normalized spacial score (nSPS) is 10.8. The topological polar surface area (TPSA) is 22.0 Å². The van der Waals surface area contributed by atoms with Gasteiger partial charge in [-0.2, -0.15) is 0 Å². The van der Waals surface area contributed by atoms with Crippen molar-refractivity contribution in [1.29, 1.82) is 0 Å². The monoisotopic (exact) mass is 299 g/mol. The smallest absolute Gasteiger partial charge is 0.250 e. The Morgan fingerprint density at radius 1 is 1.29 bits per heavy atom. The fourth-order valence-corrected chi connectivity index (χ4v) is 2.53. The summed E-state index contributed by atoms with van der Waals surface area (Å²) >= 11 is 2.29. The zero-order valence-corrected chi connectivity index (χ0v) is 10.2. The summed E-state index contributed by atoms with van der Waals surface area (Å²) < 4.78 is 2.90. The summed E-state index contributed by atoms with van der Waals surface area (Å²) in [5, 5.41) is 1.12. The van der Waals surface area contributed by atoms with E-state index in [9.17, 15) is 4.79 Å². The fraction of sp³-hybridized carbons (Fsp3) is 0.182. The Balaban J connectivity index is 3.03. The molecule has 0 radical (unpaired) electrons. The molecule has 1 aromatic carbocycles. The Labute approximate surface area is 95.7 Å². The minimum Gasteiger partial charge on any atom is -0.311 e. The van der Waals surface area contributed by atoms with E-state index in [0.29, 0.717) is 0 Å². The van der Waals surface area contributed by atoms with Crippen molar-refractivity contribution >= 4 is 33.5 Å². The Bertz CT molecular complexity index is 557. The standard InChI is InChI=1S/C11H10INO/c1-7-5-9(12)6-8-3-4-10(14)13(2)11(7)8/h3-6H,1-2H3. The van der Waals surface area contributed by atoms with Gasteiger partial charge in [-0.05, 0) is 58.7 Å². The lowest BCUT2D eigenvalue weighted by molar-refractivity contribution is 0.902. The van der Waals surface area contributed by atoms with E-state index in [4.69, 9.17) is 0 Å². The van der Waals surface area contributed by atoms with Crippen molar-refractivity contribution in [2.75, 3.05) is 0 Å². The summed E-state index contributed by atoms with van der Waals surface area (Å²) in [5.74, 6) is 0. The van der Waals surface area contributed by atoms with Crippen molar-refractivity contribution in [3.63, 3.8) is 0 Å². The first-order valence-electron chi connectivity index (χ1n) is 4.35. The molecular formula is C11H10INO. The molecule has 3 heteroatoms. The second kappa shape index (κ2) is 3.38. The number of fused-ring (bicyclic) bond motifs is 1. The van der Waals surface area contributed by atoms with E-state index >= 15 is 0 Å².